The zero-order valence-corrected chi connectivity index (χ0v) is 13.4. The van der Waals surface area contributed by atoms with Crippen molar-refractivity contribution in [2.45, 2.75) is 32.9 Å². The lowest BCUT2D eigenvalue weighted by Gasteiger charge is -2.17. The number of anilines is 1. The highest BCUT2D eigenvalue weighted by Gasteiger charge is 2.15. The van der Waals surface area contributed by atoms with Crippen molar-refractivity contribution in [2.75, 3.05) is 5.32 Å². The van der Waals surface area contributed by atoms with Gasteiger partial charge in [-0.2, -0.15) is 0 Å². The van der Waals surface area contributed by atoms with Crippen LogP contribution < -0.4 is 10.6 Å². The fraction of sp³-hybridized carbons (Fsp3) is 0.333. The van der Waals surface area contributed by atoms with Crippen molar-refractivity contribution in [3.05, 3.63) is 34.9 Å². The zero-order valence-electron chi connectivity index (χ0n) is 11.8. The second kappa shape index (κ2) is 6.22. The first-order valence-corrected chi connectivity index (χ1v) is 7.38. The van der Waals surface area contributed by atoms with Crippen molar-refractivity contribution in [2.24, 2.45) is 0 Å². The SMILES string of the molecule is CC(C)NC(=O)C(C)Nc1nccc2c(Br)cccc12. The average molecular weight is 336 g/mol. The van der Waals surface area contributed by atoms with Gasteiger partial charge in [0.25, 0.3) is 0 Å². The van der Waals surface area contributed by atoms with Gasteiger partial charge in [-0.05, 0) is 32.9 Å². The molecule has 0 saturated heterocycles. The Morgan fingerprint density at radius 1 is 1.20 bits per heavy atom. The van der Waals surface area contributed by atoms with Gasteiger partial charge in [0.15, 0.2) is 0 Å². The number of benzene rings is 1. The first-order valence-electron chi connectivity index (χ1n) is 6.59. The molecule has 1 unspecified atom stereocenters. The fourth-order valence-corrected chi connectivity index (χ4v) is 2.46. The second-order valence-corrected chi connectivity index (χ2v) is 5.88. The Morgan fingerprint density at radius 3 is 2.65 bits per heavy atom. The van der Waals surface area contributed by atoms with Crippen molar-refractivity contribution in [3.8, 4) is 0 Å². The number of nitrogens with zero attached hydrogens (tertiary/aromatic N) is 1. The summed E-state index contributed by atoms with van der Waals surface area (Å²) < 4.78 is 1.01. The third-order valence-corrected chi connectivity index (χ3v) is 3.62. The van der Waals surface area contributed by atoms with Crippen molar-refractivity contribution in [1.29, 1.82) is 0 Å². The largest absolute Gasteiger partial charge is 0.358 e. The van der Waals surface area contributed by atoms with Crippen LogP contribution in [0.25, 0.3) is 10.8 Å². The minimum absolute atomic E-state index is 0.0335. The van der Waals surface area contributed by atoms with Gasteiger partial charge >= 0.3 is 0 Å². The summed E-state index contributed by atoms with van der Waals surface area (Å²) in [5.41, 5.74) is 0. The Morgan fingerprint density at radius 2 is 1.95 bits per heavy atom. The van der Waals surface area contributed by atoms with Gasteiger partial charge < -0.3 is 10.6 Å². The number of carbonyl (C=O) groups excluding carboxylic acids is 1. The summed E-state index contributed by atoms with van der Waals surface area (Å²) in [6.07, 6.45) is 1.74. The molecule has 1 aromatic carbocycles. The van der Waals surface area contributed by atoms with E-state index in [0.29, 0.717) is 0 Å². The Labute approximate surface area is 127 Å². The van der Waals surface area contributed by atoms with E-state index in [4.69, 9.17) is 0 Å². The summed E-state index contributed by atoms with van der Waals surface area (Å²) in [4.78, 5) is 16.3. The number of amides is 1. The molecule has 0 fully saturated rings. The predicted molar refractivity (Wildman–Crippen MR) is 85.8 cm³/mol. The molecule has 1 heterocycles. The van der Waals surface area contributed by atoms with E-state index in [0.717, 1.165) is 21.1 Å². The monoisotopic (exact) mass is 335 g/mol. The van der Waals surface area contributed by atoms with Gasteiger partial charge in [-0.1, -0.05) is 28.1 Å². The van der Waals surface area contributed by atoms with Gasteiger partial charge in [0.1, 0.15) is 11.9 Å². The molecule has 0 aliphatic carbocycles. The highest BCUT2D eigenvalue weighted by molar-refractivity contribution is 9.10. The maximum Gasteiger partial charge on any atom is 0.242 e. The van der Waals surface area contributed by atoms with Crippen molar-refractivity contribution >= 4 is 38.4 Å². The van der Waals surface area contributed by atoms with Crippen LogP contribution in [-0.4, -0.2) is 23.0 Å². The molecular weight excluding hydrogens is 318 g/mol. The number of halogens is 1. The lowest BCUT2D eigenvalue weighted by molar-refractivity contribution is -0.122. The van der Waals surface area contributed by atoms with Gasteiger partial charge in [-0.25, -0.2) is 4.98 Å². The summed E-state index contributed by atoms with van der Waals surface area (Å²) in [5, 5.41) is 8.12. The smallest absolute Gasteiger partial charge is 0.242 e. The molecule has 1 amide bonds. The number of fused-ring (bicyclic) bond motifs is 1. The molecule has 0 spiro atoms. The Kier molecular flexibility index (Phi) is 4.60. The summed E-state index contributed by atoms with van der Waals surface area (Å²) in [6, 6.07) is 7.67. The highest BCUT2D eigenvalue weighted by atomic mass is 79.9. The molecule has 4 nitrogen and oxygen atoms in total. The van der Waals surface area contributed by atoms with Crippen LogP contribution in [0, 0.1) is 0 Å². The maximum atomic E-state index is 12.0. The van der Waals surface area contributed by atoms with Crippen LogP contribution in [0.4, 0.5) is 5.82 Å². The molecular formula is C15H18BrN3O. The van der Waals surface area contributed by atoms with Crippen LogP contribution in [0.3, 0.4) is 0 Å². The van der Waals surface area contributed by atoms with E-state index in [1.54, 1.807) is 6.20 Å². The average Bonchev–Trinajstić information content (AvgIpc) is 2.39. The van der Waals surface area contributed by atoms with E-state index in [1.807, 2.05) is 45.0 Å². The molecule has 1 atom stereocenters. The van der Waals surface area contributed by atoms with Crippen molar-refractivity contribution in [1.82, 2.24) is 10.3 Å². The van der Waals surface area contributed by atoms with E-state index in [1.165, 1.54) is 0 Å². The van der Waals surface area contributed by atoms with Crippen molar-refractivity contribution < 1.29 is 4.79 Å². The molecule has 0 saturated carbocycles. The molecule has 106 valence electrons. The lowest BCUT2D eigenvalue weighted by Crippen LogP contribution is -2.41. The number of aromatic nitrogens is 1. The van der Waals surface area contributed by atoms with E-state index in [2.05, 4.69) is 31.5 Å². The predicted octanol–water partition coefficient (Wildman–Crippen LogP) is 3.32. The standard InChI is InChI=1S/C15H18BrN3O/c1-9(2)18-15(20)10(3)19-14-12-5-4-6-13(16)11(12)7-8-17-14/h4-10H,1-3H3,(H,17,19)(H,18,20). The molecule has 0 bridgehead atoms. The summed E-state index contributed by atoms with van der Waals surface area (Å²) in [7, 11) is 0. The van der Waals surface area contributed by atoms with Gasteiger partial charge in [-0.15, -0.1) is 0 Å². The molecule has 1 aromatic heterocycles. The van der Waals surface area contributed by atoms with Crippen molar-refractivity contribution in [3.63, 3.8) is 0 Å². The number of rotatable bonds is 4. The minimum atomic E-state index is -0.338. The van der Waals surface area contributed by atoms with E-state index in [9.17, 15) is 4.79 Å². The molecule has 2 aromatic rings. The van der Waals surface area contributed by atoms with Gasteiger partial charge in [-0.3, -0.25) is 4.79 Å². The molecule has 0 aliphatic heterocycles. The van der Waals surface area contributed by atoms with Gasteiger partial charge in [0.2, 0.25) is 5.91 Å². The topological polar surface area (TPSA) is 54.0 Å². The molecule has 0 radical (unpaired) electrons. The quantitative estimate of drug-likeness (QED) is 0.901. The lowest BCUT2D eigenvalue weighted by atomic mass is 10.1. The highest BCUT2D eigenvalue weighted by Crippen LogP contribution is 2.27. The number of carbonyl (C=O) groups is 1. The zero-order chi connectivity index (χ0) is 14.7. The molecule has 20 heavy (non-hydrogen) atoms. The Balaban J connectivity index is 2.26. The van der Waals surface area contributed by atoms with Crippen LogP contribution >= 0.6 is 15.9 Å². The Bertz CT molecular complexity index is 628. The van der Waals surface area contributed by atoms with Crippen LogP contribution in [0.1, 0.15) is 20.8 Å². The molecule has 5 heteroatoms. The Hall–Kier alpha value is -1.62. The number of hydrogen-bond acceptors (Lipinski definition) is 3. The minimum Gasteiger partial charge on any atom is -0.358 e. The molecule has 2 rings (SSSR count). The van der Waals surface area contributed by atoms with Crippen LogP contribution in [0.5, 0.6) is 0 Å². The van der Waals surface area contributed by atoms with E-state index < -0.39 is 0 Å². The first-order chi connectivity index (χ1) is 9.49. The summed E-state index contributed by atoms with van der Waals surface area (Å²) in [6.45, 7) is 5.71. The molecule has 2 N–H and O–H groups in total. The summed E-state index contributed by atoms with van der Waals surface area (Å²) in [5.74, 6) is 0.684. The maximum absolute atomic E-state index is 12.0. The number of pyridine rings is 1. The van der Waals surface area contributed by atoms with Crippen LogP contribution in [0.15, 0.2) is 34.9 Å². The van der Waals surface area contributed by atoms with Gasteiger partial charge in [0, 0.05) is 27.5 Å². The summed E-state index contributed by atoms with van der Waals surface area (Å²) >= 11 is 3.52. The second-order valence-electron chi connectivity index (χ2n) is 5.02. The number of hydrogen-bond donors (Lipinski definition) is 2. The van der Waals surface area contributed by atoms with Crippen LogP contribution in [-0.2, 0) is 4.79 Å². The van der Waals surface area contributed by atoms with E-state index >= 15 is 0 Å². The molecule has 0 aliphatic rings. The normalized spacial score (nSPS) is 12.4. The number of nitrogens with one attached hydrogen (secondary N) is 2. The fourth-order valence-electron chi connectivity index (χ4n) is 1.96. The third kappa shape index (κ3) is 3.28. The van der Waals surface area contributed by atoms with Gasteiger partial charge in [0.05, 0.1) is 0 Å². The third-order valence-electron chi connectivity index (χ3n) is 2.93. The first kappa shape index (κ1) is 14.8. The van der Waals surface area contributed by atoms with E-state index in [-0.39, 0.29) is 18.0 Å². The van der Waals surface area contributed by atoms with Crippen LogP contribution in [0.2, 0.25) is 0 Å².